The van der Waals surface area contributed by atoms with E-state index in [1.165, 1.54) is 0 Å². The Kier molecular flexibility index (Phi) is 1.02. The molecule has 0 aliphatic carbocycles. The molecule has 0 atom stereocenters. The summed E-state index contributed by atoms with van der Waals surface area (Å²) in [6, 6.07) is -0.0631. The molecule has 0 radical (unpaired) electrons. The van der Waals surface area contributed by atoms with Crippen LogP contribution in [0, 0.1) is 6.92 Å². The highest BCUT2D eigenvalue weighted by Crippen LogP contribution is 2.16. The van der Waals surface area contributed by atoms with E-state index in [1.807, 2.05) is 0 Å². The number of halogens is 1. The Bertz CT molecular complexity index is 275. The first kappa shape index (κ1) is 4.12. The third-order valence-corrected chi connectivity index (χ3v) is 1.43. The van der Waals surface area contributed by atoms with Gasteiger partial charge in [0, 0.05) is 17.4 Å². The van der Waals surface area contributed by atoms with Crippen molar-refractivity contribution in [2.75, 3.05) is 5.73 Å². The molecular weight excluding hydrogens is 136 g/mol. The van der Waals surface area contributed by atoms with Gasteiger partial charge in [-0.15, -0.1) is 0 Å². The molecule has 0 saturated carbocycles. The van der Waals surface area contributed by atoms with Gasteiger partial charge in [-0.1, -0.05) is 11.6 Å². The van der Waals surface area contributed by atoms with Crippen LogP contribution in [0.25, 0.3) is 0 Å². The van der Waals surface area contributed by atoms with Gasteiger partial charge in [0.05, 0.1) is 2.74 Å². The van der Waals surface area contributed by atoms with Crippen LogP contribution in [0.5, 0.6) is 0 Å². The Labute approximate surface area is 61.5 Å². The third-order valence-electron chi connectivity index (χ3n) is 1.06. The van der Waals surface area contributed by atoms with Gasteiger partial charge in [-0.05, 0) is 13.0 Å². The van der Waals surface area contributed by atoms with Gasteiger partial charge in [0.2, 0.25) is 0 Å². The summed E-state index contributed by atoms with van der Waals surface area (Å²) in [5, 5.41) is 0.198. The molecule has 0 aromatic carbocycles. The van der Waals surface area contributed by atoms with E-state index in [9.17, 15) is 0 Å². The minimum atomic E-state index is -0.182. The molecule has 0 aliphatic rings. The Morgan fingerprint density at radius 2 is 2.56 bits per heavy atom. The van der Waals surface area contributed by atoms with Gasteiger partial charge >= 0.3 is 0 Å². The van der Waals surface area contributed by atoms with Gasteiger partial charge in [-0.25, -0.2) is 4.98 Å². The number of anilines is 1. The van der Waals surface area contributed by atoms with Crippen molar-refractivity contribution in [2.45, 2.75) is 6.92 Å². The van der Waals surface area contributed by atoms with E-state index >= 15 is 0 Å². The molecular formula is C6H7ClN2. The Morgan fingerprint density at radius 1 is 1.89 bits per heavy atom. The number of pyridine rings is 1. The fourth-order valence-corrected chi connectivity index (χ4v) is 0.570. The Balaban J connectivity index is 3.46. The van der Waals surface area contributed by atoms with Gasteiger partial charge in [0.1, 0.15) is 5.15 Å². The molecule has 0 saturated heterocycles. The summed E-state index contributed by atoms with van der Waals surface area (Å²) in [7, 11) is 0. The SMILES string of the molecule is [2H]c1nc(Cl)c(C)c(N)c1[2H]. The molecule has 3 heteroatoms. The summed E-state index contributed by atoms with van der Waals surface area (Å²) in [6.07, 6.45) is -0.182. The van der Waals surface area contributed by atoms with E-state index in [0.717, 1.165) is 0 Å². The highest BCUT2D eigenvalue weighted by atomic mass is 35.5. The summed E-state index contributed by atoms with van der Waals surface area (Å²) in [5.74, 6) is 0. The molecule has 48 valence electrons. The minimum Gasteiger partial charge on any atom is -0.398 e. The van der Waals surface area contributed by atoms with Crippen LogP contribution in [-0.4, -0.2) is 4.98 Å². The maximum Gasteiger partial charge on any atom is 0.133 e. The van der Waals surface area contributed by atoms with Crippen LogP contribution in [0.4, 0.5) is 5.69 Å². The first-order valence-corrected chi connectivity index (χ1v) is 2.80. The summed E-state index contributed by atoms with van der Waals surface area (Å²) in [5.41, 5.74) is 6.25. The van der Waals surface area contributed by atoms with Crippen LogP contribution in [-0.2, 0) is 0 Å². The average molecular weight is 145 g/mol. The molecule has 0 bridgehead atoms. The Hall–Kier alpha value is -0.760. The van der Waals surface area contributed by atoms with Crippen molar-refractivity contribution >= 4 is 17.3 Å². The Morgan fingerprint density at radius 3 is 3.22 bits per heavy atom. The number of nitrogens with zero attached hydrogens (tertiary/aromatic N) is 1. The molecule has 0 fully saturated rings. The normalized spacial score (nSPS) is 12.7. The fourth-order valence-electron chi connectivity index (χ4n) is 0.426. The zero-order chi connectivity index (χ0) is 8.59. The highest BCUT2D eigenvalue weighted by Gasteiger charge is 1.96. The first-order chi connectivity index (χ1) is 5.04. The molecule has 9 heavy (non-hydrogen) atoms. The van der Waals surface area contributed by atoms with Crippen molar-refractivity contribution in [3.63, 3.8) is 0 Å². The summed E-state index contributed by atoms with van der Waals surface area (Å²) in [4.78, 5) is 3.60. The van der Waals surface area contributed by atoms with E-state index in [-0.39, 0.29) is 23.1 Å². The molecule has 0 amide bonds. The highest BCUT2D eigenvalue weighted by molar-refractivity contribution is 6.30. The lowest BCUT2D eigenvalue weighted by molar-refractivity contribution is 1.27. The number of nitrogens with two attached hydrogens (primary N) is 1. The van der Waals surface area contributed by atoms with Crippen molar-refractivity contribution in [3.8, 4) is 0 Å². The zero-order valence-corrected chi connectivity index (χ0v) is 5.66. The molecule has 2 N–H and O–H groups in total. The minimum absolute atomic E-state index is 0.0631. The molecule has 0 spiro atoms. The average Bonchev–Trinajstić information content (AvgIpc) is 1.97. The van der Waals surface area contributed by atoms with Crippen LogP contribution in [0.15, 0.2) is 12.2 Å². The lowest BCUT2D eigenvalue weighted by Gasteiger charge is -1.97. The van der Waals surface area contributed by atoms with Crippen molar-refractivity contribution in [3.05, 3.63) is 22.9 Å². The van der Waals surface area contributed by atoms with E-state index < -0.39 is 0 Å². The number of aromatic nitrogens is 1. The molecule has 0 unspecified atom stereocenters. The summed E-state index contributed by atoms with van der Waals surface area (Å²) >= 11 is 5.60. The largest absolute Gasteiger partial charge is 0.398 e. The second kappa shape index (κ2) is 2.23. The molecule has 0 aliphatic heterocycles. The molecule has 2 nitrogen and oxygen atoms in total. The predicted molar refractivity (Wildman–Crippen MR) is 38.4 cm³/mol. The van der Waals surface area contributed by atoms with Crippen molar-refractivity contribution in [1.29, 1.82) is 0 Å². The second-order valence-corrected chi connectivity index (χ2v) is 2.04. The topological polar surface area (TPSA) is 38.9 Å². The molecule has 1 aromatic rings. The van der Waals surface area contributed by atoms with E-state index in [0.29, 0.717) is 5.56 Å². The van der Waals surface area contributed by atoms with Gasteiger partial charge in [0.15, 0.2) is 0 Å². The van der Waals surface area contributed by atoms with Crippen LogP contribution in [0.1, 0.15) is 8.30 Å². The van der Waals surface area contributed by atoms with Gasteiger partial charge < -0.3 is 5.73 Å². The summed E-state index contributed by atoms with van der Waals surface area (Å²) in [6.45, 7) is 1.67. The van der Waals surface area contributed by atoms with E-state index in [2.05, 4.69) is 4.98 Å². The predicted octanol–water partition coefficient (Wildman–Crippen LogP) is 1.63. The molecule has 1 aromatic heterocycles. The lowest BCUT2D eigenvalue weighted by Crippen LogP contribution is -1.90. The third kappa shape index (κ3) is 1.13. The maximum atomic E-state index is 7.25. The summed E-state index contributed by atoms with van der Waals surface area (Å²) < 4.78 is 14.4. The van der Waals surface area contributed by atoms with Gasteiger partial charge in [0.25, 0.3) is 0 Å². The zero-order valence-electron chi connectivity index (χ0n) is 6.90. The number of rotatable bonds is 0. The van der Waals surface area contributed by atoms with Gasteiger partial charge in [-0.2, -0.15) is 0 Å². The van der Waals surface area contributed by atoms with Crippen LogP contribution in [0.2, 0.25) is 5.15 Å². The first-order valence-electron chi connectivity index (χ1n) is 3.42. The second-order valence-electron chi connectivity index (χ2n) is 1.68. The van der Waals surface area contributed by atoms with Crippen LogP contribution < -0.4 is 5.73 Å². The van der Waals surface area contributed by atoms with E-state index in [4.69, 9.17) is 20.1 Å². The fraction of sp³-hybridized carbons (Fsp3) is 0.167. The van der Waals surface area contributed by atoms with Crippen molar-refractivity contribution in [2.24, 2.45) is 0 Å². The smallest absolute Gasteiger partial charge is 0.133 e. The molecule has 1 heterocycles. The van der Waals surface area contributed by atoms with E-state index in [1.54, 1.807) is 6.92 Å². The number of nitrogen functional groups attached to an aromatic ring is 1. The van der Waals surface area contributed by atoms with Crippen molar-refractivity contribution in [1.82, 2.24) is 4.98 Å². The maximum absolute atomic E-state index is 7.25. The molecule has 1 rings (SSSR count). The number of hydrogen-bond donors (Lipinski definition) is 1. The van der Waals surface area contributed by atoms with Crippen molar-refractivity contribution < 1.29 is 2.74 Å². The lowest BCUT2D eigenvalue weighted by atomic mass is 10.3. The standard InChI is InChI=1S/C6H7ClN2/c1-4-5(8)2-3-9-6(4)7/h2-3H,1H3,(H2,8,9)/i2D,3D. The van der Waals surface area contributed by atoms with Crippen LogP contribution in [0.3, 0.4) is 0 Å². The van der Waals surface area contributed by atoms with Crippen LogP contribution >= 0.6 is 11.6 Å². The quantitative estimate of drug-likeness (QED) is 0.562. The van der Waals surface area contributed by atoms with Gasteiger partial charge in [-0.3, -0.25) is 0 Å². The number of hydrogen-bond acceptors (Lipinski definition) is 2. The monoisotopic (exact) mass is 144 g/mol.